The number of hydrogen-bond acceptors (Lipinski definition) is 5. The average Bonchev–Trinajstić information content (AvgIpc) is 2.39. The van der Waals surface area contributed by atoms with E-state index in [2.05, 4.69) is 0 Å². The summed E-state index contributed by atoms with van der Waals surface area (Å²) in [5.41, 5.74) is 0.395. The molecular weight excluding hydrogens is 236 g/mol. The zero-order chi connectivity index (χ0) is 13.4. The smallest absolute Gasteiger partial charge is 0.339 e. The van der Waals surface area contributed by atoms with Crippen molar-refractivity contribution in [2.75, 3.05) is 26.9 Å². The van der Waals surface area contributed by atoms with Crippen LogP contribution in [0.25, 0.3) is 0 Å². The third kappa shape index (κ3) is 4.01. The molecule has 0 amide bonds. The molecule has 0 saturated carbocycles. The van der Waals surface area contributed by atoms with Gasteiger partial charge in [0.25, 0.3) is 0 Å². The number of carbonyl (C=O) groups is 1. The van der Waals surface area contributed by atoms with Crippen LogP contribution >= 0.6 is 0 Å². The molecule has 0 aromatic heterocycles. The number of aliphatic hydroxyl groups excluding tert-OH is 1. The molecule has 1 rings (SSSR count). The van der Waals surface area contributed by atoms with Gasteiger partial charge in [0, 0.05) is 12.7 Å². The van der Waals surface area contributed by atoms with Crippen LogP contribution in [0.15, 0.2) is 24.3 Å². The molecule has 0 fully saturated rings. The monoisotopic (exact) mass is 254 g/mol. The Morgan fingerprint density at radius 3 is 2.72 bits per heavy atom. The SMILES string of the molecule is CCOC(=O)C(O)c1ccccc1OCCOC. The minimum atomic E-state index is -1.33. The third-order valence-corrected chi connectivity index (χ3v) is 2.27. The molecule has 0 aliphatic heterocycles. The summed E-state index contributed by atoms with van der Waals surface area (Å²) in [6.07, 6.45) is -1.33. The second kappa shape index (κ2) is 7.68. The van der Waals surface area contributed by atoms with Gasteiger partial charge in [-0.25, -0.2) is 4.79 Å². The molecule has 0 heterocycles. The first-order valence-corrected chi connectivity index (χ1v) is 5.76. The van der Waals surface area contributed by atoms with Crippen LogP contribution in [-0.4, -0.2) is 38.0 Å². The molecule has 1 aromatic rings. The lowest BCUT2D eigenvalue weighted by molar-refractivity contribution is -0.153. The highest BCUT2D eigenvalue weighted by Crippen LogP contribution is 2.25. The Hall–Kier alpha value is -1.59. The molecule has 0 radical (unpaired) electrons. The molecule has 5 heteroatoms. The van der Waals surface area contributed by atoms with Gasteiger partial charge in [0.15, 0.2) is 6.10 Å². The maximum atomic E-state index is 11.5. The lowest BCUT2D eigenvalue weighted by atomic mass is 10.1. The first-order chi connectivity index (χ1) is 8.70. The van der Waals surface area contributed by atoms with E-state index in [9.17, 15) is 9.90 Å². The molecule has 18 heavy (non-hydrogen) atoms. The van der Waals surface area contributed by atoms with Gasteiger partial charge >= 0.3 is 5.97 Å². The summed E-state index contributed by atoms with van der Waals surface area (Å²) in [6, 6.07) is 6.81. The van der Waals surface area contributed by atoms with Gasteiger partial charge in [0.2, 0.25) is 0 Å². The predicted octanol–water partition coefficient (Wildman–Crippen LogP) is 1.31. The van der Waals surface area contributed by atoms with Crippen LogP contribution in [0, 0.1) is 0 Å². The number of esters is 1. The number of rotatable bonds is 7. The highest BCUT2D eigenvalue weighted by atomic mass is 16.5. The van der Waals surface area contributed by atoms with E-state index in [1.807, 2.05) is 0 Å². The van der Waals surface area contributed by atoms with E-state index in [1.165, 1.54) is 0 Å². The fraction of sp³-hybridized carbons (Fsp3) is 0.462. The molecule has 1 N–H and O–H groups in total. The summed E-state index contributed by atoms with van der Waals surface area (Å²) in [5.74, 6) is -0.226. The molecule has 1 aromatic carbocycles. The standard InChI is InChI=1S/C13H18O5/c1-3-17-13(15)12(14)10-6-4-5-7-11(10)18-9-8-16-2/h4-7,12,14H,3,8-9H2,1-2H3. The summed E-state index contributed by atoms with van der Waals surface area (Å²) < 4.78 is 15.1. The zero-order valence-corrected chi connectivity index (χ0v) is 10.6. The van der Waals surface area contributed by atoms with E-state index in [-0.39, 0.29) is 6.61 Å². The number of hydrogen-bond donors (Lipinski definition) is 1. The van der Waals surface area contributed by atoms with E-state index in [0.29, 0.717) is 24.5 Å². The van der Waals surface area contributed by atoms with Crippen LogP contribution in [0.4, 0.5) is 0 Å². The second-order valence-corrected chi connectivity index (χ2v) is 3.53. The lowest BCUT2D eigenvalue weighted by Gasteiger charge is -2.15. The maximum Gasteiger partial charge on any atom is 0.339 e. The number of methoxy groups -OCH3 is 1. The van der Waals surface area contributed by atoms with Crippen molar-refractivity contribution in [3.05, 3.63) is 29.8 Å². The summed E-state index contributed by atoms with van der Waals surface area (Å²) in [7, 11) is 1.57. The molecule has 1 unspecified atom stereocenters. The first-order valence-electron chi connectivity index (χ1n) is 5.76. The summed E-state index contributed by atoms with van der Waals surface area (Å²) in [6.45, 7) is 2.70. The number of aliphatic hydroxyl groups is 1. The Labute approximate surface area is 106 Å². The fourth-order valence-corrected chi connectivity index (χ4v) is 1.42. The predicted molar refractivity (Wildman–Crippen MR) is 65.4 cm³/mol. The Kier molecular flexibility index (Phi) is 6.18. The van der Waals surface area contributed by atoms with Crippen LogP contribution < -0.4 is 4.74 Å². The van der Waals surface area contributed by atoms with E-state index in [0.717, 1.165) is 0 Å². The normalized spacial score (nSPS) is 11.9. The summed E-state index contributed by atoms with van der Waals surface area (Å²) in [4.78, 5) is 11.5. The van der Waals surface area contributed by atoms with Crippen molar-refractivity contribution >= 4 is 5.97 Å². The number of benzene rings is 1. The lowest BCUT2D eigenvalue weighted by Crippen LogP contribution is -2.17. The van der Waals surface area contributed by atoms with Gasteiger partial charge in [-0.2, -0.15) is 0 Å². The van der Waals surface area contributed by atoms with E-state index in [4.69, 9.17) is 14.2 Å². The minimum absolute atomic E-state index is 0.225. The van der Waals surface area contributed by atoms with E-state index < -0.39 is 12.1 Å². The Bertz CT molecular complexity index is 377. The average molecular weight is 254 g/mol. The van der Waals surface area contributed by atoms with Crippen molar-refractivity contribution in [1.29, 1.82) is 0 Å². The maximum absolute atomic E-state index is 11.5. The van der Waals surface area contributed by atoms with Crippen LogP contribution in [0.3, 0.4) is 0 Å². The first kappa shape index (κ1) is 14.5. The second-order valence-electron chi connectivity index (χ2n) is 3.53. The molecule has 5 nitrogen and oxygen atoms in total. The van der Waals surface area contributed by atoms with E-state index in [1.54, 1.807) is 38.3 Å². The largest absolute Gasteiger partial charge is 0.491 e. The Morgan fingerprint density at radius 1 is 1.33 bits per heavy atom. The zero-order valence-electron chi connectivity index (χ0n) is 10.6. The molecule has 0 spiro atoms. The minimum Gasteiger partial charge on any atom is -0.491 e. The van der Waals surface area contributed by atoms with Gasteiger partial charge in [-0.3, -0.25) is 0 Å². The van der Waals surface area contributed by atoms with Gasteiger partial charge in [0.1, 0.15) is 12.4 Å². The molecule has 1 atom stereocenters. The van der Waals surface area contributed by atoms with Crippen molar-refractivity contribution in [1.82, 2.24) is 0 Å². The molecule has 0 aliphatic rings. The van der Waals surface area contributed by atoms with Crippen molar-refractivity contribution in [3.8, 4) is 5.75 Å². The number of ether oxygens (including phenoxy) is 3. The molecule has 100 valence electrons. The van der Waals surface area contributed by atoms with Gasteiger partial charge in [-0.1, -0.05) is 18.2 Å². The number of carbonyl (C=O) groups excluding carboxylic acids is 1. The van der Waals surface area contributed by atoms with Crippen molar-refractivity contribution in [3.63, 3.8) is 0 Å². The fourth-order valence-electron chi connectivity index (χ4n) is 1.42. The van der Waals surface area contributed by atoms with Crippen LogP contribution in [0.5, 0.6) is 5.75 Å². The van der Waals surface area contributed by atoms with Gasteiger partial charge in [-0.05, 0) is 13.0 Å². The quantitative estimate of drug-likeness (QED) is 0.587. The summed E-state index contributed by atoms with van der Waals surface area (Å²) in [5, 5.41) is 9.87. The van der Waals surface area contributed by atoms with Crippen LogP contribution in [0.1, 0.15) is 18.6 Å². The van der Waals surface area contributed by atoms with Gasteiger partial charge < -0.3 is 19.3 Å². The molecule has 0 saturated heterocycles. The van der Waals surface area contributed by atoms with E-state index >= 15 is 0 Å². The van der Waals surface area contributed by atoms with Crippen molar-refractivity contribution < 1.29 is 24.1 Å². The molecular formula is C13H18O5. The van der Waals surface area contributed by atoms with Crippen LogP contribution in [0.2, 0.25) is 0 Å². The van der Waals surface area contributed by atoms with Crippen molar-refractivity contribution in [2.45, 2.75) is 13.0 Å². The van der Waals surface area contributed by atoms with Crippen LogP contribution in [-0.2, 0) is 14.3 Å². The Morgan fingerprint density at radius 2 is 2.06 bits per heavy atom. The van der Waals surface area contributed by atoms with Gasteiger partial charge in [-0.15, -0.1) is 0 Å². The van der Waals surface area contributed by atoms with Gasteiger partial charge in [0.05, 0.1) is 13.2 Å². The highest BCUT2D eigenvalue weighted by molar-refractivity contribution is 5.77. The third-order valence-electron chi connectivity index (χ3n) is 2.27. The highest BCUT2D eigenvalue weighted by Gasteiger charge is 2.22. The Balaban J connectivity index is 2.77. The topological polar surface area (TPSA) is 65.0 Å². The molecule has 0 aliphatic carbocycles. The summed E-state index contributed by atoms with van der Waals surface area (Å²) >= 11 is 0. The van der Waals surface area contributed by atoms with Crippen molar-refractivity contribution in [2.24, 2.45) is 0 Å². The molecule has 0 bridgehead atoms. The number of para-hydroxylation sites is 1.